The topological polar surface area (TPSA) is 78.2 Å². The van der Waals surface area contributed by atoms with Crippen molar-refractivity contribution in [3.05, 3.63) is 62.4 Å². The van der Waals surface area contributed by atoms with Gasteiger partial charge in [0.05, 0.1) is 12.7 Å². The van der Waals surface area contributed by atoms with Crippen molar-refractivity contribution < 1.29 is 9.72 Å². The largest absolute Gasteiger partial charge is 0.415 e. The molecule has 0 aliphatic heterocycles. The monoisotopic (exact) mass is 346 g/mol. The van der Waals surface area contributed by atoms with E-state index in [9.17, 15) is 9.59 Å². The summed E-state index contributed by atoms with van der Waals surface area (Å²) in [7, 11) is 1.61. The van der Waals surface area contributed by atoms with Crippen LogP contribution >= 0.6 is 11.6 Å². The Labute approximate surface area is 142 Å². The number of nitrogens with one attached hydrogen (secondary N) is 2. The fraction of sp³-hybridized carbons (Fsp3) is 0.235. The van der Waals surface area contributed by atoms with Crippen LogP contribution in [0.25, 0.3) is 22.2 Å². The van der Waals surface area contributed by atoms with Crippen LogP contribution in [0, 0.1) is 0 Å². The zero-order valence-corrected chi connectivity index (χ0v) is 13.9. The molecule has 0 spiro atoms. The molecule has 2 heterocycles. The Kier molecular flexibility index (Phi) is 4.78. The number of fused-ring (bicyclic) bond motifs is 1. The Morgan fingerprint density at radius 3 is 2.75 bits per heavy atom. The minimum absolute atomic E-state index is 0.405. The van der Waals surface area contributed by atoms with Gasteiger partial charge in [-0.05, 0) is 12.1 Å². The second kappa shape index (κ2) is 6.98. The SMILES string of the molecule is COCCCn1c(=O)[nH]c(=O)c2c(-c3ccccc3Cl)cc[nH+]c21. The number of aryl methyl sites for hydroxylation is 1. The summed E-state index contributed by atoms with van der Waals surface area (Å²) in [5.41, 5.74) is 1.00. The summed E-state index contributed by atoms with van der Waals surface area (Å²) in [6.45, 7) is 0.958. The van der Waals surface area contributed by atoms with Crippen LogP contribution in [-0.4, -0.2) is 23.3 Å². The molecular formula is C17H17ClN3O3+. The molecule has 0 unspecified atom stereocenters. The molecule has 7 heteroatoms. The fourth-order valence-corrected chi connectivity index (χ4v) is 2.98. The molecule has 3 rings (SSSR count). The van der Waals surface area contributed by atoms with E-state index in [1.165, 1.54) is 4.57 Å². The van der Waals surface area contributed by atoms with Crippen LogP contribution in [0.5, 0.6) is 0 Å². The van der Waals surface area contributed by atoms with Crippen molar-refractivity contribution in [3.63, 3.8) is 0 Å². The van der Waals surface area contributed by atoms with Crippen molar-refractivity contribution >= 4 is 22.6 Å². The quantitative estimate of drug-likeness (QED) is 0.716. The maximum Gasteiger partial charge on any atom is 0.415 e. The van der Waals surface area contributed by atoms with Gasteiger partial charge in [0, 0.05) is 36.3 Å². The van der Waals surface area contributed by atoms with E-state index in [4.69, 9.17) is 16.3 Å². The molecule has 24 heavy (non-hydrogen) atoms. The Morgan fingerprint density at radius 1 is 1.21 bits per heavy atom. The Hall–Kier alpha value is -2.44. The molecule has 0 amide bonds. The van der Waals surface area contributed by atoms with Crippen LogP contribution in [0.15, 0.2) is 46.1 Å². The first-order chi connectivity index (χ1) is 11.6. The van der Waals surface area contributed by atoms with Gasteiger partial charge in [-0.15, -0.1) is 0 Å². The van der Waals surface area contributed by atoms with Crippen molar-refractivity contribution in [2.75, 3.05) is 13.7 Å². The number of aromatic nitrogens is 3. The van der Waals surface area contributed by atoms with Gasteiger partial charge in [0.1, 0.15) is 5.39 Å². The van der Waals surface area contributed by atoms with E-state index in [2.05, 4.69) is 9.97 Å². The van der Waals surface area contributed by atoms with Crippen molar-refractivity contribution in [1.29, 1.82) is 0 Å². The van der Waals surface area contributed by atoms with Crippen LogP contribution in [0.4, 0.5) is 0 Å². The number of benzene rings is 1. The average molecular weight is 347 g/mol. The number of hydrogen-bond donors (Lipinski definition) is 1. The second-order valence-corrected chi connectivity index (χ2v) is 5.76. The summed E-state index contributed by atoms with van der Waals surface area (Å²) in [6.07, 6.45) is 2.36. The number of H-pyrrole nitrogens is 2. The third-order valence-electron chi connectivity index (χ3n) is 3.83. The van der Waals surface area contributed by atoms with Gasteiger partial charge < -0.3 is 4.74 Å². The predicted octanol–water partition coefficient (Wildman–Crippen LogP) is 1.86. The van der Waals surface area contributed by atoms with Crippen LogP contribution < -0.4 is 16.2 Å². The zero-order chi connectivity index (χ0) is 17.1. The van der Waals surface area contributed by atoms with Gasteiger partial charge in [-0.2, -0.15) is 4.57 Å². The lowest BCUT2D eigenvalue weighted by atomic mass is 10.0. The minimum atomic E-state index is -0.448. The van der Waals surface area contributed by atoms with Crippen LogP contribution in [0.2, 0.25) is 5.02 Å². The van der Waals surface area contributed by atoms with Crippen molar-refractivity contribution in [3.8, 4) is 11.1 Å². The van der Waals surface area contributed by atoms with Crippen LogP contribution in [0.3, 0.4) is 0 Å². The lowest BCUT2D eigenvalue weighted by Crippen LogP contribution is -2.34. The molecule has 0 atom stereocenters. The highest BCUT2D eigenvalue weighted by atomic mass is 35.5. The van der Waals surface area contributed by atoms with Crippen LogP contribution in [-0.2, 0) is 11.3 Å². The van der Waals surface area contributed by atoms with E-state index >= 15 is 0 Å². The van der Waals surface area contributed by atoms with E-state index in [0.29, 0.717) is 41.2 Å². The summed E-state index contributed by atoms with van der Waals surface area (Å²) < 4.78 is 6.54. The summed E-state index contributed by atoms with van der Waals surface area (Å²) in [6, 6.07) is 9.07. The molecule has 0 fully saturated rings. The first-order valence-electron chi connectivity index (χ1n) is 7.55. The Bertz CT molecular complexity index is 994. The molecule has 3 aromatic rings. The Balaban J connectivity index is 2.27. The first kappa shape index (κ1) is 16.4. The van der Waals surface area contributed by atoms with Gasteiger partial charge in [-0.25, -0.2) is 9.78 Å². The summed E-state index contributed by atoms with van der Waals surface area (Å²) >= 11 is 6.28. The number of nitrogens with zero attached hydrogens (tertiary/aromatic N) is 1. The van der Waals surface area contributed by atoms with E-state index in [1.807, 2.05) is 18.2 Å². The molecule has 0 saturated carbocycles. The van der Waals surface area contributed by atoms with Crippen molar-refractivity contribution in [2.45, 2.75) is 13.0 Å². The molecular weight excluding hydrogens is 330 g/mol. The summed E-state index contributed by atoms with van der Waals surface area (Å²) in [4.78, 5) is 30.0. The molecule has 0 radical (unpaired) electrons. The predicted molar refractivity (Wildman–Crippen MR) is 92.3 cm³/mol. The van der Waals surface area contributed by atoms with Gasteiger partial charge >= 0.3 is 5.69 Å². The van der Waals surface area contributed by atoms with Gasteiger partial charge in [0.25, 0.3) is 11.2 Å². The van der Waals surface area contributed by atoms with Crippen molar-refractivity contribution in [1.82, 2.24) is 9.55 Å². The van der Waals surface area contributed by atoms with Gasteiger partial charge in [0.15, 0.2) is 0 Å². The lowest BCUT2D eigenvalue weighted by Gasteiger charge is -2.07. The highest BCUT2D eigenvalue weighted by molar-refractivity contribution is 6.33. The molecule has 0 aliphatic carbocycles. The van der Waals surface area contributed by atoms with E-state index in [0.717, 1.165) is 5.56 Å². The first-order valence-corrected chi connectivity index (χ1v) is 7.92. The molecule has 2 N–H and O–H groups in total. The highest BCUT2D eigenvalue weighted by Gasteiger charge is 2.19. The lowest BCUT2D eigenvalue weighted by molar-refractivity contribution is -0.349. The molecule has 0 bridgehead atoms. The number of hydrogen-bond acceptors (Lipinski definition) is 3. The third kappa shape index (κ3) is 2.98. The van der Waals surface area contributed by atoms with Crippen molar-refractivity contribution in [2.24, 2.45) is 0 Å². The van der Waals surface area contributed by atoms with E-state index < -0.39 is 11.2 Å². The number of methoxy groups -OCH3 is 1. The normalized spacial score (nSPS) is 11.1. The second-order valence-electron chi connectivity index (χ2n) is 5.35. The number of halogens is 1. The summed E-state index contributed by atoms with van der Waals surface area (Å²) in [5.74, 6) is 0. The van der Waals surface area contributed by atoms with Crippen LogP contribution in [0.1, 0.15) is 6.42 Å². The number of rotatable bonds is 5. The van der Waals surface area contributed by atoms with Gasteiger partial charge in [0.2, 0.25) is 0 Å². The third-order valence-corrected chi connectivity index (χ3v) is 4.16. The standard InChI is InChI=1S/C17H16ClN3O3/c1-24-10-4-9-21-15-14(16(22)20-17(21)23)12(7-8-19-15)11-5-2-3-6-13(11)18/h2-3,5-8H,4,9-10H2,1H3,(H,20,22,23)/p+1. The maximum atomic E-state index is 12.4. The number of ether oxygens (including phenoxy) is 1. The maximum absolute atomic E-state index is 12.4. The molecule has 6 nitrogen and oxygen atoms in total. The molecule has 0 aliphatic rings. The van der Waals surface area contributed by atoms with E-state index in [-0.39, 0.29) is 0 Å². The molecule has 0 saturated heterocycles. The van der Waals surface area contributed by atoms with E-state index in [1.54, 1.807) is 25.4 Å². The smallest absolute Gasteiger partial charge is 0.385 e. The molecule has 124 valence electrons. The van der Waals surface area contributed by atoms with Gasteiger partial charge in [-0.3, -0.25) is 9.78 Å². The van der Waals surface area contributed by atoms with Gasteiger partial charge in [-0.1, -0.05) is 29.8 Å². The zero-order valence-electron chi connectivity index (χ0n) is 13.1. The fourth-order valence-electron chi connectivity index (χ4n) is 2.74. The minimum Gasteiger partial charge on any atom is -0.385 e. The molecule has 2 aromatic heterocycles. The molecule has 1 aromatic carbocycles. The number of pyridine rings is 1. The Morgan fingerprint density at radius 2 is 2.00 bits per heavy atom. The highest BCUT2D eigenvalue weighted by Crippen LogP contribution is 2.29. The summed E-state index contributed by atoms with van der Waals surface area (Å²) in [5, 5.41) is 0.948. The number of aromatic amines is 2. The average Bonchev–Trinajstić information content (AvgIpc) is 2.57.